The summed E-state index contributed by atoms with van der Waals surface area (Å²) in [5.41, 5.74) is 2.43. The molecule has 5 nitrogen and oxygen atoms in total. The number of anilines is 1. The maximum absolute atomic E-state index is 13.3. The summed E-state index contributed by atoms with van der Waals surface area (Å²) in [7, 11) is 0. The number of aromatic nitrogens is 3. The molecular formula is C21H21FN4O. The number of benzene rings is 2. The van der Waals surface area contributed by atoms with Gasteiger partial charge >= 0.3 is 0 Å². The van der Waals surface area contributed by atoms with Crippen LogP contribution in [0.5, 0.6) is 0 Å². The number of halogens is 1. The normalized spacial score (nSPS) is 14.7. The zero-order chi connectivity index (χ0) is 18.8. The highest BCUT2D eigenvalue weighted by Crippen LogP contribution is 2.38. The SMILES string of the molecule is CC(Cc1cccc(F)c1)C(=O)Nc1ccc(-c2n[nH]c(C3CC3)n2)cc1. The molecule has 0 bridgehead atoms. The molecule has 1 aliphatic rings. The highest BCUT2D eigenvalue weighted by Gasteiger charge is 2.27. The molecule has 1 fully saturated rings. The molecule has 1 saturated carbocycles. The lowest BCUT2D eigenvalue weighted by molar-refractivity contribution is -0.119. The second-order valence-corrected chi connectivity index (χ2v) is 7.12. The van der Waals surface area contributed by atoms with Crippen molar-refractivity contribution in [3.63, 3.8) is 0 Å². The third-order valence-corrected chi connectivity index (χ3v) is 4.76. The van der Waals surface area contributed by atoms with Gasteiger partial charge in [0.05, 0.1) is 0 Å². The number of rotatable bonds is 6. The third kappa shape index (κ3) is 4.22. The van der Waals surface area contributed by atoms with Crippen LogP contribution in [0.1, 0.15) is 37.1 Å². The van der Waals surface area contributed by atoms with Crippen LogP contribution < -0.4 is 5.32 Å². The van der Waals surface area contributed by atoms with Crippen molar-refractivity contribution in [2.45, 2.75) is 32.1 Å². The quantitative estimate of drug-likeness (QED) is 0.685. The fourth-order valence-corrected chi connectivity index (χ4v) is 3.02. The van der Waals surface area contributed by atoms with Crippen molar-refractivity contribution < 1.29 is 9.18 Å². The first kappa shape index (κ1) is 17.4. The van der Waals surface area contributed by atoms with Crippen LogP contribution in [-0.4, -0.2) is 21.1 Å². The molecule has 0 aliphatic heterocycles. The Bertz CT molecular complexity index is 947. The van der Waals surface area contributed by atoms with E-state index < -0.39 is 0 Å². The van der Waals surface area contributed by atoms with E-state index in [1.165, 1.54) is 25.0 Å². The van der Waals surface area contributed by atoms with Gasteiger partial charge in [-0.1, -0.05) is 19.1 Å². The van der Waals surface area contributed by atoms with E-state index in [1.807, 2.05) is 37.3 Å². The molecule has 1 atom stereocenters. The first-order chi connectivity index (χ1) is 13.1. The highest BCUT2D eigenvalue weighted by molar-refractivity contribution is 5.92. The fraction of sp³-hybridized carbons (Fsp3) is 0.286. The second kappa shape index (κ2) is 7.31. The molecule has 2 N–H and O–H groups in total. The lowest BCUT2D eigenvalue weighted by Gasteiger charge is -2.12. The van der Waals surface area contributed by atoms with Gasteiger partial charge in [0, 0.05) is 23.1 Å². The number of carbonyl (C=O) groups excluding carboxylic acids is 1. The van der Waals surface area contributed by atoms with Crippen LogP contribution in [-0.2, 0) is 11.2 Å². The van der Waals surface area contributed by atoms with Gasteiger partial charge < -0.3 is 5.32 Å². The lowest BCUT2D eigenvalue weighted by atomic mass is 10.00. The number of nitrogens with zero attached hydrogens (tertiary/aromatic N) is 2. The number of hydrogen-bond donors (Lipinski definition) is 2. The van der Waals surface area contributed by atoms with Crippen LogP contribution in [0.2, 0.25) is 0 Å². The minimum atomic E-state index is -0.285. The predicted molar refractivity (Wildman–Crippen MR) is 102 cm³/mol. The summed E-state index contributed by atoms with van der Waals surface area (Å²) < 4.78 is 13.3. The molecule has 1 heterocycles. The first-order valence-electron chi connectivity index (χ1n) is 9.16. The molecule has 1 amide bonds. The molecule has 27 heavy (non-hydrogen) atoms. The number of H-pyrrole nitrogens is 1. The second-order valence-electron chi connectivity index (χ2n) is 7.12. The molecular weight excluding hydrogens is 343 g/mol. The van der Waals surface area contributed by atoms with E-state index in [4.69, 9.17) is 0 Å². The van der Waals surface area contributed by atoms with E-state index in [1.54, 1.807) is 6.07 Å². The number of nitrogens with one attached hydrogen (secondary N) is 2. The van der Waals surface area contributed by atoms with Gasteiger partial charge in [-0.3, -0.25) is 9.89 Å². The number of hydrogen-bond acceptors (Lipinski definition) is 3. The van der Waals surface area contributed by atoms with Crippen LogP contribution in [0, 0.1) is 11.7 Å². The van der Waals surface area contributed by atoms with E-state index in [9.17, 15) is 9.18 Å². The molecule has 1 aliphatic carbocycles. The van der Waals surface area contributed by atoms with Gasteiger partial charge in [-0.2, -0.15) is 5.10 Å². The zero-order valence-corrected chi connectivity index (χ0v) is 15.1. The standard InChI is InChI=1S/C21H21FN4O/c1-13(11-14-3-2-4-17(22)12-14)21(27)23-18-9-7-16(8-10-18)20-24-19(25-26-20)15-5-6-15/h2-4,7-10,12-13,15H,5-6,11H2,1H3,(H,23,27)(H,24,25,26). The largest absolute Gasteiger partial charge is 0.326 e. The Kier molecular flexibility index (Phi) is 4.71. The molecule has 4 rings (SSSR count). The van der Waals surface area contributed by atoms with Gasteiger partial charge in [0.2, 0.25) is 5.91 Å². The van der Waals surface area contributed by atoms with Crippen LogP contribution in [0.25, 0.3) is 11.4 Å². The summed E-state index contributed by atoms with van der Waals surface area (Å²) in [6.07, 6.45) is 2.84. The van der Waals surface area contributed by atoms with E-state index in [-0.39, 0.29) is 17.6 Å². The number of amides is 1. The lowest BCUT2D eigenvalue weighted by Crippen LogP contribution is -2.22. The van der Waals surface area contributed by atoms with Crippen LogP contribution >= 0.6 is 0 Å². The van der Waals surface area contributed by atoms with Crippen LogP contribution in [0.3, 0.4) is 0 Å². The van der Waals surface area contributed by atoms with Crippen molar-refractivity contribution in [3.05, 3.63) is 65.7 Å². The molecule has 0 radical (unpaired) electrons. The highest BCUT2D eigenvalue weighted by atomic mass is 19.1. The summed E-state index contributed by atoms with van der Waals surface area (Å²) in [4.78, 5) is 16.9. The first-order valence-corrected chi connectivity index (χ1v) is 9.16. The Morgan fingerprint density at radius 1 is 1.26 bits per heavy atom. The molecule has 138 valence electrons. The molecule has 6 heteroatoms. The number of aromatic amines is 1. The van der Waals surface area contributed by atoms with Crippen LogP contribution in [0.4, 0.5) is 10.1 Å². The molecule has 0 saturated heterocycles. The van der Waals surface area contributed by atoms with Crippen molar-refractivity contribution in [2.24, 2.45) is 5.92 Å². The predicted octanol–water partition coefficient (Wildman–Crippen LogP) is 4.31. The maximum atomic E-state index is 13.3. The smallest absolute Gasteiger partial charge is 0.227 e. The van der Waals surface area contributed by atoms with Crippen molar-refractivity contribution in [2.75, 3.05) is 5.32 Å². The Balaban J connectivity index is 1.37. The average molecular weight is 364 g/mol. The monoisotopic (exact) mass is 364 g/mol. The van der Waals surface area contributed by atoms with Crippen LogP contribution in [0.15, 0.2) is 48.5 Å². The van der Waals surface area contributed by atoms with E-state index in [0.29, 0.717) is 23.9 Å². The third-order valence-electron chi connectivity index (χ3n) is 4.76. The fourth-order valence-electron chi connectivity index (χ4n) is 3.02. The molecule has 0 spiro atoms. The summed E-state index contributed by atoms with van der Waals surface area (Å²) >= 11 is 0. The topological polar surface area (TPSA) is 70.7 Å². The Morgan fingerprint density at radius 2 is 2.04 bits per heavy atom. The minimum absolute atomic E-state index is 0.0964. The minimum Gasteiger partial charge on any atom is -0.326 e. The molecule has 1 unspecified atom stereocenters. The van der Waals surface area contributed by atoms with E-state index >= 15 is 0 Å². The van der Waals surface area contributed by atoms with E-state index in [0.717, 1.165) is 17.0 Å². The van der Waals surface area contributed by atoms with Gasteiger partial charge in [0.25, 0.3) is 0 Å². The van der Waals surface area contributed by atoms with Gasteiger partial charge in [-0.05, 0) is 61.2 Å². The summed E-state index contributed by atoms with van der Waals surface area (Å²) in [6.45, 7) is 1.83. The van der Waals surface area contributed by atoms with Crippen molar-refractivity contribution in [1.82, 2.24) is 15.2 Å². The summed E-state index contributed by atoms with van der Waals surface area (Å²) in [5, 5.41) is 10.2. The molecule has 1 aromatic heterocycles. The average Bonchev–Trinajstić information content (AvgIpc) is 3.39. The van der Waals surface area contributed by atoms with Gasteiger partial charge in [-0.25, -0.2) is 9.37 Å². The van der Waals surface area contributed by atoms with Crippen molar-refractivity contribution >= 4 is 11.6 Å². The molecule has 2 aromatic carbocycles. The van der Waals surface area contributed by atoms with Gasteiger partial charge in [0.15, 0.2) is 5.82 Å². The number of carbonyl (C=O) groups is 1. The maximum Gasteiger partial charge on any atom is 0.227 e. The van der Waals surface area contributed by atoms with Crippen molar-refractivity contribution in [3.8, 4) is 11.4 Å². The zero-order valence-electron chi connectivity index (χ0n) is 15.1. The summed E-state index contributed by atoms with van der Waals surface area (Å²) in [6, 6.07) is 13.8. The summed E-state index contributed by atoms with van der Waals surface area (Å²) in [5.74, 6) is 1.52. The Hall–Kier alpha value is -3.02. The molecule has 3 aromatic rings. The Morgan fingerprint density at radius 3 is 2.74 bits per heavy atom. The van der Waals surface area contributed by atoms with Gasteiger partial charge in [-0.15, -0.1) is 0 Å². The van der Waals surface area contributed by atoms with Crippen molar-refractivity contribution in [1.29, 1.82) is 0 Å². The van der Waals surface area contributed by atoms with Gasteiger partial charge in [0.1, 0.15) is 11.6 Å². The Labute approximate surface area is 157 Å². The van der Waals surface area contributed by atoms with E-state index in [2.05, 4.69) is 20.5 Å².